The molecule has 4 nitrogen and oxygen atoms in total. The molecule has 0 amide bonds. The van der Waals surface area contributed by atoms with Gasteiger partial charge in [0.25, 0.3) is 0 Å². The Morgan fingerprint density at radius 2 is 2.14 bits per heavy atom. The van der Waals surface area contributed by atoms with Crippen LogP contribution in [0.15, 0.2) is 24.5 Å². The summed E-state index contributed by atoms with van der Waals surface area (Å²) in [4.78, 5) is 4.05. The van der Waals surface area contributed by atoms with Crippen LogP contribution in [-0.4, -0.2) is 14.8 Å². The van der Waals surface area contributed by atoms with E-state index in [1.807, 2.05) is 37.0 Å². The number of nitrogens with two attached hydrogens (primary N) is 1. The normalized spacial score (nSPS) is 10.4. The van der Waals surface area contributed by atoms with Crippen LogP contribution >= 0.6 is 0 Å². The molecule has 14 heavy (non-hydrogen) atoms. The lowest BCUT2D eigenvalue weighted by molar-refractivity contribution is 0.740. The summed E-state index contributed by atoms with van der Waals surface area (Å²) in [5, 5.41) is 4.17. The largest absolute Gasteiger partial charge is 0.383 e. The predicted molar refractivity (Wildman–Crippen MR) is 55.6 cm³/mol. The molecule has 4 heteroatoms. The Labute approximate surface area is 82.4 Å². The first-order chi connectivity index (χ1) is 6.70. The summed E-state index contributed by atoms with van der Waals surface area (Å²) in [6.07, 6.45) is 3.49. The minimum Gasteiger partial charge on any atom is -0.383 e. The lowest BCUT2D eigenvalue weighted by Gasteiger charge is -2.02. The van der Waals surface area contributed by atoms with Gasteiger partial charge in [-0.3, -0.25) is 4.68 Å². The number of aryl methyl sites for hydroxylation is 1. The standard InChI is InChI=1S/C10H12N4/c1-7-9(6-13-14(7)2)8-4-3-5-12-10(8)11/h3-6H,1-2H3,(H2,11,12). The zero-order valence-electron chi connectivity index (χ0n) is 8.23. The van der Waals surface area contributed by atoms with E-state index in [9.17, 15) is 0 Å². The van der Waals surface area contributed by atoms with Gasteiger partial charge in [-0.05, 0) is 19.1 Å². The highest BCUT2D eigenvalue weighted by atomic mass is 15.3. The van der Waals surface area contributed by atoms with E-state index >= 15 is 0 Å². The molecule has 2 heterocycles. The van der Waals surface area contributed by atoms with Gasteiger partial charge in [0.05, 0.1) is 6.20 Å². The minimum absolute atomic E-state index is 0.545. The van der Waals surface area contributed by atoms with Gasteiger partial charge in [0.1, 0.15) is 5.82 Å². The first-order valence-electron chi connectivity index (χ1n) is 4.39. The smallest absolute Gasteiger partial charge is 0.131 e. The minimum atomic E-state index is 0.545. The van der Waals surface area contributed by atoms with Crippen molar-refractivity contribution in [1.29, 1.82) is 0 Å². The molecule has 2 rings (SSSR count). The molecule has 2 N–H and O–H groups in total. The van der Waals surface area contributed by atoms with Crippen LogP contribution in [0.1, 0.15) is 5.69 Å². The summed E-state index contributed by atoms with van der Waals surface area (Å²) < 4.78 is 1.82. The molecule has 0 radical (unpaired) electrons. The number of hydrogen-bond acceptors (Lipinski definition) is 3. The SMILES string of the molecule is Cc1c(-c2cccnc2N)cnn1C. The average Bonchev–Trinajstić information content (AvgIpc) is 2.49. The fraction of sp³-hybridized carbons (Fsp3) is 0.200. The number of anilines is 1. The highest BCUT2D eigenvalue weighted by molar-refractivity contribution is 5.74. The van der Waals surface area contributed by atoms with E-state index in [0.717, 1.165) is 16.8 Å². The topological polar surface area (TPSA) is 56.7 Å². The third-order valence-electron chi connectivity index (χ3n) is 2.36. The van der Waals surface area contributed by atoms with Crippen molar-refractivity contribution in [2.45, 2.75) is 6.92 Å². The number of nitrogens with zero attached hydrogens (tertiary/aromatic N) is 3. The van der Waals surface area contributed by atoms with E-state index in [0.29, 0.717) is 5.82 Å². The van der Waals surface area contributed by atoms with E-state index in [4.69, 9.17) is 5.73 Å². The molecule has 0 unspecified atom stereocenters. The Kier molecular flexibility index (Phi) is 1.96. The van der Waals surface area contributed by atoms with Crippen molar-refractivity contribution >= 4 is 5.82 Å². The van der Waals surface area contributed by atoms with E-state index < -0.39 is 0 Å². The van der Waals surface area contributed by atoms with Gasteiger partial charge in [-0.25, -0.2) is 4.98 Å². The first kappa shape index (κ1) is 8.74. The van der Waals surface area contributed by atoms with Gasteiger partial charge >= 0.3 is 0 Å². The predicted octanol–water partition coefficient (Wildman–Crippen LogP) is 1.37. The van der Waals surface area contributed by atoms with Crippen LogP contribution in [0.25, 0.3) is 11.1 Å². The maximum absolute atomic E-state index is 5.78. The van der Waals surface area contributed by atoms with Crippen molar-refractivity contribution in [2.75, 3.05) is 5.73 Å². The van der Waals surface area contributed by atoms with Crippen molar-refractivity contribution in [1.82, 2.24) is 14.8 Å². The van der Waals surface area contributed by atoms with Crippen LogP contribution in [0.5, 0.6) is 0 Å². The second-order valence-electron chi connectivity index (χ2n) is 3.20. The quantitative estimate of drug-likeness (QED) is 0.735. The van der Waals surface area contributed by atoms with Crippen LogP contribution in [0, 0.1) is 6.92 Å². The lowest BCUT2D eigenvalue weighted by atomic mass is 10.1. The monoisotopic (exact) mass is 188 g/mol. The van der Waals surface area contributed by atoms with Crippen LogP contribution in [-0.2, 0) is 7.05 Å². The summed E-state index contributed by atoms with van der Waals surface area (Å²) in [5.74, 6) is 0.545. The maximum atomic E-state index is 5.78. The van der Waals surface area contributed by atoms with Crippen LogP contribution in [0.4, 0.5) is 5.82 Å². The first-order valence-corrected chi connectivity index (χ1v) is 4.39. The molecule has 0 saturated carbocycles. The van der Waals surface area contributed by atoms with E-state index in [1.54, 1.807) is 6.20 Å². The van der Waals surface area contributed by atoms with Gasteiger partial charge in [0, 0.05) is 30.1 Å². The molecule has 2 aromatic heterocycles. The van der Waals surface area contributed by atoms with Gasteiger partial charge in [0.2, 0.25) is 0 Å². The average molecular weight is 188 g/mol. The van der Waals surface area contributed by atoms with E-state index in [2.05, 4.69) is 10.1 Å². The molecular formula is C10H12N4. The molecule has 0 aromatic carbocycles. The van der Waals surface area contributed by atoms with Gasteiger partial charge in [-0.1, -0.05) is 0 Å². The number of pyridine rings is 1. The van der Waals surface area contributed by atoms with Crippen molar-refractivity contribution < 1.29 is 0 Å². The van der Waals surface area contributed by atoms with E-state index in [1.165, 1.54) is 0 Å². The zero-order valence-corrected chi connectivity index (χ0v) is 8.23. The summed E-state index contributed by atoms with van der Waals surface area (Å²) in [7, 11) is 1.91. The number of hydrogen-bond donors (Lipinski definition) is 1. The van der Waals surface area contributed by atoms with Crippen molar-refractivity contribution in [3.63, 3.8) is 0 Å². The second kappa shape index (κ2) is 3.14. The fourth-order valence-corrected chi connectivity index (χ4v) is 1.41. The van der Waals surface area contributed by atoms with Gasteiger partial charge in [-0.15, -0.1) is 0 Å². The zero-order chi connectivity index (χ0) is 10.1. The van der Waals surface area contributed by atoms with Crippen LogP contribution in [0.3, 0.4) is 0 Å². The molecule has 0 aliphatic heterocycles. The molecule has 0 spiro atoms. The molecule has 0 aliphatic rings. The lowest BCUT2D eigenvalue weighted by Crippen LogP contribution is -1.95. The van der Waals surface area contributed by atoms with Gasteiger partial charge < -0.3 is 5.73 Å². The highest BCUT2D eigenvalue weighted by Gasteiger charge is 2.08. The Morgan fingerprint density at radius 1 is 1.36 bits per heavy atom. The molecule has 0 bridgehead atoms. The fourth-order valence-electron chi connectivity index (χ4n) is 1.41. The summed E-state index contributed by atoms with van der Waals surface area (Å²) in [6.45, 7) is 2.01. The number of rotatable bonds is 1. The Morgan fingerprint density at radius 3 is 2.71 bits per heavy atom. The third kappa shape index (κ3) is 1.25. The molecule has 0 aliphatic carbocycles. The Hall–Kier alpha value is -1.84. The second-order valence-corrected chi connectivity index (χ2v) is 3.20. The molecule has 2 aromatic rings. The molecular weight excluding hydrogens is 176 g/mol. The van der Waals surface area contributed by atoms with Gasteiger partial charge in [-0.2, -0.15) is 5.10 Å². The molecule has 0 saturated heterocycles. The number of nitrogen functional groups attached to an aromatic ring is 1. The summed E-state index contributed by atoms with van der Waals surface area (Å²) in [6, 6.07) is 3.82. The van der Waals surface area contributed by atoms with Crippen molar-refractivity contribution in [3.8, 4) is 11.1 Å². The van der Waals surface area contributed by atoms with Gasteiger partial charge in [0.15, 0.2) is 0 Å². The van der Waals surface area contributed by atoms with E-state index in [-0.39, 0.29) is 0 Å². The maximum Gasteiger partial charge on any atom is 0.131 e. The number of aromatic nitrogens is 3. The summed E-state index contributed by atoms with van der Waals surface area (Å²) >= 11 is 0. The molecule has 0 atom stereocenters. The molecule has 72 valence electrons. The summed E-state index contributed by atoms with van der Waals surface area (Å²) in [5.41, 5.74) is 8.85. The van der Waals surface area contributed by atoms with Crippen LogP contribution in [0.2, 0.25) is 0 Å². The van der Waals surface area contributed by atoms with Crippen LogP contribution < -0.4 is 5.73 Å². The Bertz CT molecular complexity index is 459. The molecule has 0 fully saturated rings. The highest BCUT2D eigenvalue weighted by Crippen LogP contribution is 2.25. The van der Waals surface area contributed by atoms with Crippen molar-refractivity contribution in [3.05, 3.63) is 30.2 Å². The third-order valence-corrected chi connectivity index (χ3v) is 2.36. The Balaban J connectivity index is 2.60. The van der Waals surface area contributed by atoms with Crippen molar-refractivity contribution in [2.24, 2.45) is 7.05 Å².